The van der Waals surface area contributed by atoms with E-state index in [4.69, 9.17) is 0 Å². The molecular weight excluding hydrogens is 328 g/mol. The first-order chi connectivity index (χ1) is 12.2. The van der Waals surface area contributed by atoms with E-state index >= 15 is 0 Å². The molecule has 1 saturated heterocycles. The van der Waals surface area contributed by atoms with Gasteiger partial charge in [0, 0.05) is 20.0 Å². The maximum Gasteiger partial charge on any atom is 0.220 e. The highest BCUT2D eigenvalue weighted by molar-refractivity contribution is 7.07. The zero-order chi connectivity index (χ0) is 17.3. The fourth-order valence-corrected chi connectivity index (χ4v) is 5.45. The molecule has 1 aliphatic carbocycles. The molecule has 1 fully saturated rings. The van der Waals surface area contributed by atoms with E-state index in [2.05, 4.69) is 51.3 Å². The van der Waals surface area contributed by atoms with Crippen molar-refractivity contribution in [1.82, 2.24) is 10.2 Å². The van der Waals surface area contributed by atoms with Crippen LogP contribution in [0.4, 0.5) is 0 Å². The Labute approximate surface area is 154 Å². The largest absolute Gasteiger partial charge is 0.359 e. The van der Waals surface area contributed by atoms with Crippen LogP contribution in [0.25, 0.3) is 0 Å². The normalized spacial score (nSPS) is 22.0. The Balaban J connectivity index is 1.50. The lowest BCUT2D eigenvalue weighted by Gasteiger charge is -2.40. The SMILES string of the molecule is CNC(=O)CC1CC2(CCN(Cc3ccsc3)CC2)c2ccccc21. The summed E-state index contributed by atoms with van der Waals surface area (Å²) >= 11 is 1.78. The molecule has 1 aromatic carbocycles. The van der Waals surface area contributed by atoms with Crippen molar-refractivity contribution >= 4 is 17.2 Å². The first kappa shape index (κ1) is 16.8. The topological polar surface area (TPSA) is 32.3 Å². The standard InChI is InChI=1S/C21H26N2OS/c1-22-20(24)12-17-13-21(19-5-3-2-4-18(17)19)7-9-23(10-8-21)14-16-6-11-25-15-16/h2-6,11,15,17H,7-10,12-14H2,1H3,(H,22,24). The van der Waals surface area contributed by atoms with E-state index in [1.807, 2.05) is 0 Å². The Morgan fingerprint density at radius 2 is 2.08 bits per heavy atom. The average Bonchev–Trinajstić information content (AvgIpc) is 3.25. The van der Waals surface area contributed by atoms with Crippen molar-refractivity contribution in [2.45, 2.75) is 43.6 Å². The van der Waals surface area contributed by atoms with E-state index in [-0.39, 0.29) is 11.3 Å². The van der Waals surface area contributed by atoms with E-state index in [0.29, 0.717) is 12.3 Å². The summed E-state index contributed by atoms with van der Waals surface area (Å²) in [5, 5.41) is 7.22. The number of carbonyl (C=O) groups is 1. The molecule has 3 nitrogen and oxygen atoms in total. The first-order valence-corrected chi connectivity index (χ1v) is 10.2. The van der Waals surface area contributed by atoms with Crippen LogP contribution in [-0.4, -0.2) is 30.9 Å². The van der Waals surface area contributed by atoms with Crippen LogP contribution in [0.5, 0.6) is 0 Å². The fourth-order valence-electron chi connectivity index (χ4n) is 4.79. The molecule has 1 spiro atoms. The van der Waals surface area contributed by atoms with Gasteiger partial charge in [0.05, 0.1) is 0 Å². The molecule has 0 bridgehead atoms. The van der Waals surface area contributed by atoms with Crippen LogP contribution in [0.15, 0.2) is 41.1 Å². The zero-order valence-corrected chi connectivity index (χ0v) is 15.6. The molecule has 1 aromatic heterocycles. The second-order valence-electron chi connectivity index (χ2n) is 7.55. The lowest BCUT2D eigenvalue weighted by Crippen LogP contribution is -2.41. The number of thiophene rings is 1. The molecule has 1 aliphatic heterocycles. The van der Waals surface area contributed by atoms with Gasteiger partial charge in [0.25, 0.3) is 0 Å². The number of likely N-dealkylation sites (tertiary alicyclic amines) is 1. The summed E-state index contributed by atoms with van der Waals surface area (Å²) in [6.45, 7) is 3.37. The molecule has 1 N–H and O–H groups in total. The maximum atomic E-state index is 12.0. The third kappa shape index (κ3) is 3.25. The van der Waals surface area contributed by atoms with E-state index in [1.165, 1.54) is 29.5 Å². The van der Waals surface area contributed by atoms with Crippen LogP contribution >= 0.6 is 11.3 Å². The van der Waals surface area contributed by atoms with Crippen molar-refractivity contribution in [2.24, 2.45) is 0 Å². The number of nitrogens with one attached hydrogen (secondary N) is 1. The zero-order valence-electron chi connectivity index (χ0n) is 14.8. The monoisotopic (exact) mass is 354 g/mol. The molecule has 1 amide bonds. The van der Waals surface area contributed by atoms with Gasteiger partial charge in [0.2, 0.25) is 5.91 Å². The van der Waals surface area contributed by atoms with E-state index < -0.39 is 0 Å². The molecule has 0 radical (unpaired) electrons. The Kier molecular flexibility index (Phi) is 4.65. The van der Waals surface area contributed by atoms with Crippen molar-refractivity contribution in [1.29, 1.82) is 0 Å². The molecule has 4 heteroatoms. The van der Waals surface area contributed by atoms with Gasteiger partial charge >= 0.3 is 0 Å². The third-order valence-corrected chi connectivity index (χ3v) is 6.85. The quantitative estimate of drug-likeness (QED) is 0.903. The summed E-state index contributed by atoms with van der Waals surface area (Å²) in [5.74, 6) is 0.534. The summed E-state index contributed by atoms with van der Waals surface area (Å²) in [5.41, 5.74) is 4.64. The number of piperidine rings is 1. The highest BCUT2D eigenvalue weighted by Gasteiger charge is 2.45. The third-order valence-electron chi connectivity index (χ3n) is 6.12. The number of nitrogens with zero attached hydrogens (tertiary/aromatic N) is 1. The number of amides is 1. The fraction of sp³-hybridized carbons (Fsp3) is 0.476. The van der Waals surface area contributed by atoms with Crippen molar-refractivity contribution < 1.29 is 4.79 Å². The van der Waals surface area contributed by atoms with Crippen molar-refractivity contribution in [3.05, 3.63) is 57.8 Å². The second kappa shape index (κ2) is 6.93. The van der Waals surface area contributed by atoms with Gasteiger partial charge in [-0.25, -0.2) is 0 Å². The Morgan fingerprint density at radius 3 is 2.80 bits per heavy atom. The maximum absolute atomic E-state index is 12.0. The lowest BCUT2D eigenvalue weighted by molar-refractivity contribution is -0.121. The summed E-state index contributed by atoms with van der Waals surface area (Å²) in [7, 11) is 1.74. The van der Waals surface area contributed by atoms with Gasteiger partial charge in [-0.2, -0.15) is 11.3 Å². The van der Waals surface area contributed by atoms with Gasteiger partial charge in [-0.3, -0.25) is 9.69 Å². The molecule has 0 saturated carbocycles. The molecule has 1 unspecified atom stereocenters. The Bertz CT molecular complexity index is 732. The summed E-state index contributed by atoms with van der Waals surface area (Å²) in [6, 6.07) is 11.1. The van der Waals surface area contributed by atoms with Gasteiger partial charge in [-0.15, -0.1) is 0 Å². The van der Waals surface area contributed by atoms with Crippen LogP contribution in [0.2, 0.25) is 0 Å². The van der Waals surface area contributed by atoms with Crippen molar-refractivity contribution in [2.75, 3.05) is 20.1 Å². The molecule has 4 rings (SSSR count). The van der Waals surface area contributed by atoms with Crippen LogP contribution < -0.4 is 5.32 Å². The van der Waals surface area contributed by atoms with Gasteiger partial charge in [0.15, 0.2) is 0 Å². The molecular formula is C21H26N2OS. The highest BCUT2D eigenvalue weighted by atomic mass is 32.1. The predicted octanol–water partition coefficient (Wildman–Crippen LogP) is 3.91. The van der Waals surface area contributed by atoms with Crippen molar-refractivity contribution in [3.63, 3.8) is 0 Å². The molecule has 1 atom stereocenters. The number of benzene rings is 1. The minimum Gasteiger partial charge on any atom is -0.359 e. The molecule has 2 aromatic rings. The first-order valence-electron chi connectivity index (χ1n) is 9.24. The molecule has 2 aliphatic rings. The number of fused-ring (bicyclic) bond motifs is 2. The highest BCUT2D eigenvalue weighted by Crippen LogP contribution is 2.52. The summed E-state index contributed by atoms with van der Waals surface area (Å²) in [4.78, 5) is 14.5. The molecule has 2 heterocycles. The minimum atomic E-state index is 0.159. The molecule has 132 valence electrons. The van der Waals surface area contributed by atoms with E-state index in [0.717, 1.165) is 26.1 Å². The minimum absolute atomic E-state index is 0.159. The average molecular weight is 355 g/mol. The number of hydrogen-bond acceptors (Lipinski definition) is 3. The van der Waals surface area contributed by atoms with Crippen LogP contribution in [0.3, 0.4) is 0 Å². The van der Waals surface area contributed by atoms with E-state index in [9.17, 15) is 4.79 Å². The van der Waals surface area contributed by atoms with Crippen LogP contribution in [0.1, 0.15) is 48.3 Å². The van der Waals surface area contributed by atoms with Crippen LogP contribution in [0, 0.1) is 0 Å². The van der Waals surface area contributed by atoms with Gasteiger partial charge in [-0.05, 0) is 77.2 Å². The Hall–Kier alpha value is -1.65. The lowest BCUT2D eigenvalue weighted by atomic mass is 9.73. The number of carbonyl (C=O) groups excluding carboxylic acids is 1. The van der Waals surface area contributed by atoms with Gasteiger partial charge in [0.1, 0.15) is 0 Å². The summed E-state index contributed by atoms with van der Waals surface area (Å²) in [6.07, 6.45) is 4.16. The van der Waals surface area contributed by atoms with Gasteiger partial charge in [-0.1, -0.05) is 24.3 Å². The van der Waals surface area contributed by atoms with E-state index in [1.54, 1.807) is 18.4 Å². The smallest absolute Gasteiger partial charge is 0.220 e. The molecule has 25 heavy (non-hydrogen) atoms. The number of rotatable bonds is 4. The number of hydrogen-bond donors (Lipinski definition) is 1. The second-order valence-corrected chi connectivity index (χ2v) is 8.33. The van der Waals surface area contributed by atoms with Crippen molar-refractivity contribution in [3.8, 4) is 0 Å². The van der Waals surface area contributed by atoms with Crippen LogP contribution in [-0.2, 0) is 16.8 Å². The predicted molar refractivity (Wildman–Crippen MR) is 103 cm³/mol. The van der Waals surface area contributed by atoms with Gasteiger partial charge < -0.3 is 5.32 Å². The Morgan fingerprint density at radius 1 is 1.28 bits per heavy atom. The summed E-state index contributed by atoms with van der Waals surface area (Å²) < 4.78 is 0.